The molecule has 0 atom stereocenters. The number of urea groups is 1. The molecule has 0 bridgehead atoms. The van der Waals surface area contributed by atoms with E-state index < -0.39 is 11.4 Å². The number of likely N-dealkylation sites (tertiary alicyclic amines) is 1. The van der Waals surface area contributed by atoms with E-state index in [4.69, 9.17) is 0 Å². The molecule has 1 aliphatic rings. The van der Waals surface area contributed by atoms with Crippen LogP contribution in [0.25, 0.3) is 0 Å². The zero-order chi connectivity index (χ0) is 15.3. The highest BCUT2D eigenvalue weighted by Crippen LogP contribution is 2.35. The van der Waals surface area contributed by atoms with E-state index in [0.717, 1.165) is 13.0 Å². The van der Waals surface area contributed by atoms with Gasteiger partial charge >= 0.3 is 12.0 Å². The summed E-state index contributed by atoms with van der Waals surface area (Å²) in [5, 5.41) is 9.35. The number of hydrogen-bond acceptors (Lipinski definition) is 2. The maximum Gasteiger partial charge on any atom is 0.319 e. The molecular weight excluding hydrogens is 256 g/mol. The van der Waals surface area contributed by atoms with Crippen LogP contribution in [-0.2, 0) is 4.79 Å². The molecule has 0 radical (unpaired) electrons. The first-order valence-electron chi connectivity index (χ1n) is 7.56. The number of rotatable bonds is 5. The molecule has 0 aromatic carbocycles. The van der Waals surface area contributed by atoms with E-state index in [1.807, 2.05) is 14.0 Å². The Balaban J connectivity index is 2.52. The van der Waals surface area contributed by atoms with Gasteiger partial charge in [-0.05, 0) is 31.6 Å². The predicted molar refractivity (Wildman–Crippen MR) is 78.6 cm³/mol. The van der Waals surface area contributed by atoms with E-state index in [9.17, 15) is 14.7 Å². The van der Waals surface area contributed by atoms with Crippen molar-refractivity contribution in [1.82, 2.24) is 9.80 Å². The molecule has 1 aliphatic heterocycles. The average molecular weight is 284 g/mol. The van der Waals surface area contributed by atoms with Crippen molar-refractivity contribution >= 4 is 12.0 Å². The number of carbonyl (C=O) groups excluding carboxylic acids is 1. The van der Waals surface area contributed by atoms with Gasteiger partial charge in [-0.3, -0.25) is 4.79 Å². The summed E-state index contributed by atoms with van der Waals surface area (Å²) in [6, 6.07) is 0.0285. The third kappa shape index (κ3) is 3.87. The highest BCUT2D eigenvalue weighted by atomic mass is 16.4. The molecule has 1 heterocycles. The van der Waals surface area contributed by atoms with Gasteiger partial charge in [0.2, 0.25) is 0 Å². The molecule has 0 spiro atoms. The predicted octanol–water partition coefficient (Wildman–Crippen LogP) is 2.66. The second-order valence-electron chi connectivity index (χ2n) is 6.31. The van der Waals surface area contributed by atoms with Crippen molar-refractivity contribution in [2.24, 2.45) is 11.3 Å². The molecule has 1 saturated heterocycles. The first kappa shape index (κ1) is 16.8. The van der Waals surface area contributed by atoms with E-state index >= 15 is 0 Å². The monoisotopic (exact) mass is 284 g/mol. The molecule has 5 heteroatoms. The molecule has 2 amide bonds. The minimum absolute atomic E-state index is 0.0285. The fraction of sp³-hybridized carbons (Fsp3) is 0.867. The summed E-state index contributed by atoms with van der Waals surface area (Å²) < 4.78 is 0. The van der Waals surface area contributed by atoms with Crippen molar-refractivity contribution in [3.8, 4) is 0 Å². The van der Waals surface area contributed by atoms with E-state index in [0.29, 0.717) is 38.3 Å². The van der Waals surface area contributed by atoms with Crippen LogP contribution >= 0.6 is 0 Å². The minimum atomic E-state index is -0.722. The Labute approximate surface area is 121 Å². The lowest BCUT2D eigenvalue weighted by Crippen LogP contribution is -2.50. The molecule has 0 saturated carbocycles. The zero-order valence-electron chi connectivity index (χ0n) is 13.2. The van der Waals surface area contributed by atoms with E-state index in [1.165, 1.54) is 0 Å². The van der Waals surface area contributed by atoms with Gasteiger partial charge in [0.15, 0.2) is 0 Å². The van der Waals surface area contributed by atoms with Crippen LogP contribution in [0, 0.1) is 11.3 Å². The minimum Gasteiger partial charge on any atom is -0.481 e. The number of piperidine rings is 1. The Kier molecular flexibility index (Phi) is 5.84. The SMILES string of the molecule is CCC1(C(=O)O)CCN(C(=O)N(C)CCC(C)C)CC1. The lowest BCUT2D eigenvalue weighted by molar-refractivity contribution is -0.152. The van der Waals surface area contributed by atoms with Crippen molar-refractivity contribution < 1.29 is 14.7 Å². The summed E-state index contributed by atoms with van der Waals surface area (Å²) in [6.45, 7) is 8.05. The maximum absolute atomic E-state index is 12.3. The van der Waals surface area contributed by atoms with Crippen molar-refractivity contribution in [3.05, 3.63) is 0 Å². The Bertz CT molecular complexity index is 347. The van der Waals surface area contributed by atoms with Gasteiger partial charge in [0.25, 0.3) is 0 Å². The fourth-order valence-corrected chi connectivity index (χ4v) is 2.63. The van der Waals surface area contributed by atoms with Crippen LogP contribution in [0.1, 0.15) is 46.5 Å². The van der Waals surface area contributed by atoms with Crippen LogP contribution in [0.15, 0.2) is 0 Å². The molecule has 0 unspecified atom stereocenters. The lowest BCUT2D eigenvalue weighted by Gasteiger charge is -2.39. The molecular formula is C15H28N2O3. The van der Waals surface area contributed by atoms with E-state index in [1.54, 1.807) is 9.80 Å². The van der Waals surface area contributed by atoms with Crippen LogP contribution in [0.3, 0.4) is 0 Å². The van der Waals surface area contributed by atoms with Crippen molar-refractivity contribution in [2.45, 2.75) is 46.5 Å². The van der Waals surface area contributed by atoms with Gasteiger partial charge in [0.1, 0.15) is 0 Å². The van der Waals surface area contributed by atoms with Crippen LogP contribution in [0.2, 0.25) is 0 Å². The van der Waals surface area contributed by atoms with Gasteiger partial charge < -0.3 is 14.9 Å². The van der Waals surface area contributed by atoms with Crippen LogP contribution in [0.4, 0.5) is 4.79 Å². The second kappa shape index (κ2) is 6.95. The quantitative estimate of drug-likeness (QED) is 0.844. The number of hydrogen-bond donors (Lipinski definition) is 1. The van der Waals surface area contributed by atoms with E-state index in [-0.39, 0.29) is 6.03 Å². The average Bonchev–Trinajstić information content (AvgIpc) is 2.43. The van der Waals surface area contributed by atoms with Crippen LogP contribution in [0.5, 0.6) is 0 Å². The maximum atomic E-state index is 12.3. The highest BCUT2D eigenvalue weighted by Gasteiger charge is 2.41. The Morgan fingerprint density at radius 2 is 1.85 bits per heavy atom. The molecule has 20 heavy (non-hydrogen) atoms. The summed E-state index contributed by atoms with van der Waals surface area (Å²) in [5.74, 6) is -0.147. The van der Waals surface area contributed by atoms with Crippen LogP contribution < -0.4 is 0 Å². The molecule has 0 aromatic rings. The summed E-state index contributed by atoms with van der Waals surface area (Å²) >= 11 is 0. The summed E-state index contributed by atoms with van der Waals surface area (Å²) in [4.78, 5) is 27.2. The van der Waals surface area contributed by atoms with Gasteiger partial charge in [-0.15, -0.1) is 0 Å². The first-order chi connectivity index (χ1) is 9.32. The molecule has 0 aliphatic carbocycles. The number of nitrogens with zero attached hydrogens (tertiary/aromatic N) is 2. The molecule has 1 fully saturated rings. The third-order valence-corrected chi connectivity index (χ3v) is 4.49. The van der Waals surface area contributed by atoms with Gasteiger partial charge in [0, 0.05) is 26.7 Å². The fourth-order valence-electron chi connectivity index (χ4n) is 2.63. The van der Waals surface area contributed by atoms with Gasteiger partial charge in [0.05, 0.1) is 5.41 Å². The Morgan fingerprint density at radius 1 is 1.30 bits per heavy atom. The third-order valence-electron chi connectivity index (χ3n) is 4.49. The van der Waals surface area contributed by atoms with Crippen molar-refractivity contribution in [1.29, 1.82) is 0 Å². The number of amides is 2. The summed E-state index contributed by atoms with van der Waals surface area (Å²) in [6.07, 6.45) is 2.74. The van der Waals surface area contributed by atoms with Crippen molar-refractivity contribution in [2.75, 3.05) is 26.7 Å². The largest absolute Gasteiger partial charge is 0.481 e. The molecule has 0 aromatic heterocycles. The Hall–Kier alpha value is -1.26. The smallest absolute Gasteiger partial charge is 0.319 e. The molecule has 1 rings (SSSR count). The highest BCUT2D eigenvalue weighted by molar-refractivity contribution is 5.77. The number of carbonyl (C=O) groups is 2. The summed E-state index contributed by atoms with van der Waals surface area (Å²) in [5.41, 5.74) is -0.632. The number of carboxylic acid groups (broad SMARTS) is 1. The molecule has 1 N–H and O–H groups in total. The first-order valence-corrected chi connectivity index (χ1v) is 7.56. The standard InChI is InChI=1S/C15H28N2O3/c1-5-15(13(18)19)7-10-17(11-8-15)14(20)16(4)9-6-12(2)3/h12H,5-11H2,1-4H3,(H,18,19). The molecule has 116 valence electrons. The van der Waals surface area contributed by atoms with Gasteiger partial charge in [-0.25, -0.2) is 4.79 Å². The summed E-state index contributed by atoms with van der Waals surface area (Å²) in [7, 11) is 1.82. The number of carboxylic acids is 1. The Morgan fingerprint density at radius 3 is 2.25 bits per heavy atom. The zero-order valence-corrected chi connectivity index (χ0v) is 13.2. The van der Waals surface area contributed by atoms with Gasteiger partial charge in [-0.1, -0.05) is 20.8 Å². The lowest BCUT2D eigenvalue weighted by atomic mass is 9.76. The van der Waals surface area contributed by atoms with Crippen molar-refractivity contribution in [3.63, 3.8) is 0 Å². The number of aliphatic carboxylic acids is 1. The topological polar surface area (TPSA) is 60.9 Å². The van der Waals surface area contributed by atoms with Crippen LogP contribution in [-0.4, -0.2) is 53.6 Å². The normalized spacial score (nSPS) is 18.1. The second-order valence-corrected chi connectivity index (χ2v) is 6.31. The molecule has 5 nitrogen and oxygen atoms in total. The van der Waals surface area contributed by atoms with Gasteiger partial charge in [-0.2, -0.15) is 0 Å². The van der Waals surface area contributed by atoms with E-state index in [2.05, 4.69) is 13.8 Å².